The van der Waals surface area contributed by atoms with Gasteiger partial charge in [-0.15, -0.1) is 0 Å². The van der Waals surface area contributed by atoms with Gasteiger partial charge >= 0.3 is 5.97 Å². The van der Waals surface area contributed by atoms with Gasteiger partial charge in [-0.2, -0.15) is 0 Å². The number of amides is 1. The molecule has 0 heterocycles. The Balaban J connectivity index is 2.11. The molecule has 0 aliphatic rings. The van der Waals surface area contributed by atoms with E-state index < -0.39 is 12.0 Å². The van der Waals surface area contributed by atoms with Crippen LogP contribution in [0.1, 0.15) is 102 Å². The molecule has 0 spiro atoms. The molecule has 0 aliphatic carbocycles. The van der Waals surface area contributed by atoms with Gasteiger partial charge in [-0.25, -0.2) is 4.79 Å². The second kappa shape index (κ2) is 27.4. The average Bonchev–Trinajstić information content (AvgIpc) is 2.98. The maximum absolute atomic E-state index is 12.4. The SMILES string of the molecule is CCCCCC/C=C\CCCCCCCCCC(=O)NC(Cc1ccc(OCCOCCOCCOC)cc1)C(=O)O. The van der Waals surface area contributed by atoms with Gasteiger partial charge in [-0.3, -0.25) is 4.79 Å². The van der Waals surface area contributed by atoms with Gasteiger partial charge in [0.25, 0.3) is 0 Å². The Morgan fingerprint density at radius 1 is 0.762 bits per heavy atom. The molecule has 0 fully saturated rings. The minimum Gasteiger partial charge on any atom is -0.491 e. The van der Waals surface area contributed by atoms with Crippen LogP contribution in [0.5, 0.6) is 5.75 Å². The average molecular weight is 592 g/mol. The first-order chi connectivity index (χ1) is 20.6. The smallest absolute Gasteiger partial charge is 0.326 e. The Bertz CT molecular complexity index is 813. The summed E-state index contributed by atoms with van der Waals surface area (Å²) in [6, 6.07) is 6.31. The maximum atomic E-state index is 12.4. The number of aliphatic carboxylic acids is 1. The number of carbonyl (C=O) groups is 2. The Morgan fingerprint density at radius 2 is 1.31 bits per heavy atom. The zero-order valence-corrected chi connectivity index (χ0v) is 26.3. The Hall–Kier alpha value is -2.42. The number of ether oxygens (including phenoxy) is 4. The van der Waals surface area contributed by atoms with E-state index in [1.165, 1.54) is 64.2 Å². The fourth-order valence-corrected chi connectivity index (χ4v) is 4.46. The van der Waals surface area contributed by atoms with Crippen LogP contribution < -0.4 is 10.1 Å². The Morgan fingerprint density at radius 3 is 1.90 bits per heavy atom. The van der Waals surface area contributed by atoms with Crippen molar-refractivity contribution in [3.8, 4) is 5.75 Å². The molecular weight excluding hydrogens is 534 g/mol. The van der Waals surface area contributed by atoms with E-state index in [4.69, 9.17) is 18.9 Å². The molecule has 2 N–H and O–H groups in total. The minimum absolute atomic E-state index is 0.201. The monoisotopic (exact) mass is 591 g/mol. The predicted molar refractivity (Wildman–Crippen MR) is 168 cm³/mol. The van der Waals surface area contributed by atoms with Gasteiger partial charge in [0.1, 0.15) is 18.4 Å². The van der Waals surface area contributed by atoms with Gasteiger partial charge < -0.3 is 29.4 Å². The third kappa shape index (κ3) is 22.2. The summed E-state index contributed by atoms with van der Waals surface area (Å²) >= 11 is 0. The fourth-order valence-electron chi connectivity index (χ4n) is 4.46. The molecule has 1 unspecified atom stereocenters. The van der Waals surface area contributed by atoms with E-state index in [1.807, 2.05) is 12.1 Å². The van der Waals surface area contributed by atoms with Crippen molar-refractivity contribution < 1.29 is 33.6 Å². The number of benzene rings is 1. The van der Waals surface area contributed by atoms with Gasteiger partial charge in [0.2, 0.25) is 5.91 Å². The first-order valence-corrected chi connectivity index (χ1v) is 16.1. The van der Waals surface area contributed by atoms with Gasteiger partial charge in [0.05, 0.1) is 33.0 Å². The zero-order chi connectivity index (χ0) is 30.5. The van der Waals surface area contributed by atoms with Crippen molar-refractivity contribution in [2.45, 2.75) is 109 Å². The number of methoxy groups -OCH3 is 1. The molecule has 42 heavy (non-hydrogen) atoms. The summed E-state index contributed by atoms with van der Waals surface area (Å²) in [7, 11) is 1.63. The molecule has 1 amide bonds. The highest BCUT2D eigenvalue weighted by atomic mass is 16.6. The van der Waals surface area contributed by atoms with Crippen LogP contribution in [0.25, 0.3) is 0 Å². The number of rotatable bonds is 29. The highest BCUT2D eigenvalue weighted by molar-refractivity contribution is 5.83. The molecule has 0 saturated carbocycles. The summed E-state index contributed by atoms with van der Waals surface area (Å²) in [4.78, 5) is 24.1. The quantitative estimate of drug-likeness (QED) is 0.0772. The van der Waals surface area contributed by atoms with Crippen molar-refractivity contribution in [3.05, 3.63) is 42.0 Å². The molecule has 0 aliphatic heterocycles. The highest BCUT2D eigenvalue weighted by Crippen LogP contribution is 2.14. The molecule has 1 aromatic rings. The summed E-state index contributed by atoms with van der Waals surface area (Å²) in [5, 5.41) is 12.3. The van der Waals surface area contributed by atoms with Crippen LogP contribution >= 0.6 is 0 Å². The fraction of sp³-hybridized carbons (Fsp3) is 0.706. The first kappa shape index (κ1) is 37.6. The minimum atomic E-state index is -1.03. The van der Waals surface area contributed by atoms with Gasteiger partial charge in [-0.05, 0) is 49.8 Å². The van der Waals surface area contributed by atoms with Gasteiger partial charge in [0, 0.05) is 20.0 Å². The topological polar surface area (TPSA) is 103 Å². The van der Waals surface area contributed by atoms with Crippen LogP contribution in [-0.2, 0) is 30.2 Å². The molecule has 8 heteroatoms. The number of hydrogen-bond acceptors (Lipinski definition) is 6. The molecule has 0 saturated heterocycles. The molecule has 1 aromatic carbocycles. The molecule has 0 radical (unpaired) electrons. The van der Waals surface area contributed by atoms with Crippen LogP contribution in [0.3, 0.4) is 0 Å². The number of carboxylic acid groups (broad SMARTS) is 1. The molecular formula is C34H57NO7. The summed E-state index contributed by atoms with van der Waals surface area (Å²) in [5.41, 5.74) is 0.821. The van der Waals surface area contributed by atoms with E-state index in [0.717, 1.165) is 24.8 Å². The highest BCUT2D eigenvalue weighted by Gasteiger charge is 2.20. The molecule has 240 valence electrons. The first-order valence-electron chi connectivity index (χ1n) is 16.1. The lowest BCUT2D eigenvalue weighted by molar-refractivity contribution is -0.141. The van der Waals surface area contributed by atoms with E-state index in [9.17, 15) is 14.7 Å². The van der Waals surface area contributed by atoms with Crippen molar-refractivity contribution in [1.82, 2.24) is 5.32 Å². The summed E-state index contributed by atoms with van der Waals surface area (Å²) in [6.45, 7) is 5.21. The normalized spacial score (nSPS) is 12.0. The lowest BCUT2D eigenvalue weighted by Crippen LogP contribution is -2.42. The zero-order valence-electron chi connectivity index (χ0n) is 26.3. The molecule has 1 atom stereocenters. The van der Waals surface area contributed by atoms with E-state index in [2.05, 4.69) is 24.4 Å². The van der Waals surface area contributed by atoms with Crippen LogP contribution in [0, 0.1) is 0 Å². The van der Waals surface area contributed by atoms with Crippen LogP contribution in [-0.4, -0.2) is 69.8 Å². The van der Waals surface area contributed by atoms with Gasteiger partial charge in [0.15, 0.2) is 0 Å². The number of carboxylic acids is 1. The third-order valence-electron chi connectivity index (χ3n) is 6.96. The van der Waals surface area contributed by atoms with E-state index >= 15 is 0 Å². The van der Waals surface area contributed by atoms with Crippen LogP contribution in [0.15, 0.2) is 36.4 Å². The number of allylic oxidation sites excluding steroid dienone is 2. The van der Waals surface area contributed by atoms with Crippen molar-refractivity contribution in [2.75, 3.05) is 46.8 Å². The summed E-state index contributed by atoms with van der Waals surface area (Å²) in [5.74, 6) is -0.550. The third-order valence-corrected chi connectivity index (χ3v) is 6.96. The lowest BCUT2D eigenvalue weighted by Gasteiger charge is -2.15. The Kier molecular flexibility index (Phi) is 24.5. The van der Waals surface area contributed by atoms with Crippen molar-refractivity contribution in [3.63, 3.8) is 0 Å². The second-order valence-corrected chi connectivity index (χ2v) is 10.7. The van der Waals surface area contributed by atoms with Crippen molar-refractivity contribution in [2.24, 2.45) is 0 Å². The number of hydrogen-bond donors (Lipinski definition) is 2. The number of nitrogens with one attached hydrogen (secondary N) is 1. The standard InChI is InChI=1S/C34H57NO7/c1-3-4-5-6-7-8-9-10-11-12-13-14-15-16-17-18-33(36)35-32(34(37)38)29-30-19-21-31(22-20-30)42-28-27-41-26-25-40-24-23-39-2/h8-9,19-22,32H,3-7,10-18,23-29H2,1-2H3,(H,35,36)(H,37,38)/b9-8-. The number of carbonyl (C=O) groups excluding carboxylic acids is 1. The lowest BCUT2D eigenvalue weighted by atomic mass is 10.0. The molecule has 1 rings (SSSR count). The van der Waals surface area contributed by atoms with Gasteiger partial charge in [-0.1, -0.05) is 82.6 Å². The second-order valence-electron chi connectivity index (χ2n) is 10.7. The van der Waals surface area contributed by atoms with Crippen molar-refractivity contribution in [1.29, 1.82) is 0 Å². The van der Waals surface area contributed by atoms with E-state index in [-0.39, 0.29) is 12.3 Å². The van der Waals surface area contributed by atoms with Crippen molar-refractivity contribution >= 4 is 11.9 Å². The summed E-state index contributed by atoms with van der Waals surface area (Å²) < 4.78 is 21.4. The predicted octanol–water partition coefficient (Wildman–Crippen LogP) is 6.89. The van der Waals surface area contributed by atoms with E-state index in [0.29, 0.717) is 51.8 Å². The molecule has 8 nitrogen and oxygen atoms in total. The van der Waals surface area contributed by atoms with Crippen LogP contribution in [0.4, 0.5) is 0 Å². The Labute approximate surface area is 254 Å². The number of unbranched alkanes of at least 4 members (excludes halogenated alkanes) is 11. The maximum Gasteiger partial charge on any atom is 0.326 e. The molecule has 0 aromatic heterocycles. The summed E-state index contributed by atoms with van der Waals surface area (Å²) in [6.07, 6.45) is 20.8. The largest absolute Gasteiger partial charge is 0.491 e. The molecule has 0 bridgehead atoms. The van der Waals surface area contributed by atoms with Crippen LogP contribution in [0.2, 0.25) is 0 Å². The van der Waals surface area contributed by atoms with E-state index in [1.54, 1.807) is 19.2 Å².